The highest BCUT2D eigenvalue weighted by Crippen LogP contribution is 2.33. The smallest absolute Gasteiger partial charge is 0.274 e. The molecule has 0 aliphatic carbocycles. The number of fused-ring (bicyclic) bond motifs is 2. The Morgan fingerprint density at radius 2 is 1.78 bits per heavy atom. The number of benzene rings is 2. The first-order valence-corrected chi connectivity index (χ1v) is 18.7. The van der Waals surface area contributed by atoms with Gasteiger partial charge in [-0.2, -0.15) is 5.10 Å². The Balaban J connectivity index is 0.875. The zero-order valence-electron chi connectivity index (χ0n) is 32.6. The topological polar surface area (TPSA) is 217 Å². The molecule has 2 aliphatic heterocycles. The monoisotopic (exact) mass is 790 g/mol. The van der Waals surface area contributed by atoms with Crippen LogP contribution in [0.5, 0.6) is 5.75 Å². The highest BCUT2D eigenvalue weighted by atomic mass is 16.5. The summed E-state index contributed by atoms with van der Waals surface area (Å²) in [5, 5.41) is 12.5. The number of amides is 5. The van der Waals surface area contributed by atoms with Gasteiger partial charge in [0.15, 0.2) is 5.58 Å². The molecule has 2 aliphatic rings. The van der Waals surface area contributed by atoms with E-state index >= 15 is 0 Å². The number of aromatic nitrogens is 4. The Bertz CT molecular complexity index is 2510. The molecule has 0 radical (unpaired) electrons. The van der Waals surface area contributed by atoms with Gasteiger partial charge in [-0.1, -0.05) is 6.07 Å². The number of pyridine rings is 1. The number of aryl methyl sites for hydroxylation is 1. The molecule has 0 spiro atoms. The number of hydrogen-bond donors (Lipinski definition) is 3. The van der Waals surface area contributed by atoms with Gasteiger partial charge >= 0.3 is 0 Å². The van der Waals surface area contributed by atoms with Gasteiger partial charge in [-0.3, -0.25) is 39.0 Å². The summed E-state index contributed by atoms with van der Waals surface area (Å²) in [5.41, 5.74) is 1.50. The number of anilines is 2. The van der Waals surface area contributed by atoms with Crippen molar-refractivity contribution in [3.63, 3.8) is 0 Å². The minimum absolute atomic E-state index is 0.0488. The lowest BCUT2D eigenvalue weighted by Gasteiger charge is -2.30. The summed E-state index contributed by atoms with van der Waals surface area (Å²) in [7, 11) is 1.54. The predicted octanol–water partition coefficient (Wildman–Crippen LogP) is 4.48. The van der Waals surface area contributed by atoms with Crippen LogP contribution in [0, 0.1) is 0 Å². The van der Waals surface area contributed by atoms with Crippen molar-refractivity contribution in [2.24, 2.45) is 7.05 Å². The molecule has 2 aromatic carbocycles. The normalized spacial score (nSPS) is 15.7. The maximum absolute atomic E-state index is 13.4. The lowest BCUT2D eigenvalue weighted by atomic mass is 10.0. The van der Waals surface area contributed by atoms with Crippen molar-refractivity contribution < 1.29 is 37.9 Å². The van der Waals surface area contributed by atoms with Crippen LogP contribution < -0.4 is 26.2 Å². The van der Waals surface area contributed by atoms with Crippen molar-refractivity contribution in [2.45, 2.75) is 70.6 Å². The van der Waals surface area contributed by atoms with Gasteiger partial charge in [0.25, 0.3) is 23.3 Å². The molecule has 300 valence electrons. The van der Waals surface area contributed by atoms with Crippen LogP contribution in [0.4, 0.5) is 11.4 Å². The summed E-state index contributed by atoms with van der Waals surface area (Å²) < 4.78 is 19.4. The molecule has 58 heavy (non-hydrogen) atoms. The number of carbonyl (C=O) groups excluding carboxylic acids is 5. The van der Waals surface area contributed by atoms with Crippen molar-refractivity contribution in [1.29, 1.82) is 0 Å². The fourth-order valence-electron chi connectivity index (χ4n) is 6.68. The minimum atomic E-state index is -1.04. The maximum Gasteiger partial charge on any atom is 0.274 e. The Morgan fingerprint density at radius 1 is 0.966 bits per heavy atom. The third kappa shape index (κ3) is 8.48. The van der Waals surface area contributed by atoms with Crippen molar-refractivity contribution in [3.05, 3.63) is 94.0 Å². The first kappa shape index (κ1) is 39.5. The summed E-state index contributed by atoms with van der Waals surface area (Å²) in [4.78, 5) is 85.1. The SMILES string of the molecule is Cn1nc(-c2nc3cc(NC(=O)c4ccc(OC(C)(C)CCOC(C)(C)CCNc5cccc6c5C(=O)N(C5CCC(=O)NC5=O)C6=O)cn4)ccc3o2)ccc1=O. The van der Waals surface area contributed by atoms with E-state index in [0.29, 0.717) is 59.9 Å². The second kappa shape index (κ2) is 15.7. The van der Waals surface area contributed by atoms with E-state index in [9.17, 15) is 28.8 Å². The molecular formula is C41H42N8O9. The van der Waals surface area contributed by atoms with Crippen molar-refractivity contribution in [2.75, 3.05) is 23.8 Å². The van der Waals surface area contributed by atoms with E-state index in [1.165, 1.54) is 30.1 Å². The largest absolute Gasteiger partial charge is 0.486 e. The molecule has 3 aromatic heterocycles. The second-order valence-electron chi connectivity index (χ2n) is 15.3. The van der Waals surface area contributed by atoms with Gasteiger partial charge in [0, 0.05) is 43.9 Å². The van der Waals surface area contributed by atoms with Gasteiger partial charge in [-0.05, 0) is 89.1 Å². The number of rotatable bonds is 14. The molecule has 1 atom stereocenters. The van der Waals surface area contributed by atoms with Crippen LogP contribution in [0.3, 0.4) is 0 Å². The number of nitrogens with one attached hydrogen (secondary N) is 3. The molecule has 3 N–H and O–H groups in total. The summed E-state index contributed by atoms with van der Waals surface area (Å²) in [6.07, 6.45) is 2.72. The lowest BCUT2D eigenvalue weighted by molar-refractivity contribution is -0.136. The van der Waals surface area contributed by atoms with Crippen LogP contribution in [-0.2, 0) is 21.4 Å². The number of piperidine rings is 1. The second-order valence-corrected chi connectivity index (χ2v) is 15.3. The van der Waals surface area contributed by atoms with E-state index < -0.39 is 46.8 Å². The quantitative estimate of drug-likeness (QED) is 0.132. The molecule has 7 rings (SSSR count). The molecule has 5 aromatic rings. The van der Waals surface area contributed by atoms with E-state index in [1.54, 1.807) is 48.5 Å². The number of carbonyl (C=O) groups is 5. The van der Waals surface area contributed by atoms with E-state index in [0.717, 1.165) is 4.90 Å². The molecule has 5 amide bonds. The Morgan fingerprint density at radius 3 is 2.52 bits per heavy atom. The zero-order chi connectivity index (χ0) is 41.4. The van der Waals surface area contributed by atoms with Crippen LogP contribution in [-0.4, -0.2) is 84.6 Å². The summed E-state index contributed by atoms with van der Waals surface area (Å²) >= 11 is 0. The van der Waals surface area contributed by atoms with Gasteiger partial charge in [0.05, 0.1) is 29.5 Å². The third-order valence-electron chi connectivity index (χ3n) is 9.90. The number of ether oxygens (including phenoxy) is 2. The van der Waals surface area contributed by atoms with Gasteiger partial charge in [-0.25, -0.2) is 14.6 Å². The van der Waals surface area contributed by atoms with Crippen LogP contribution >= 0.6 is 0 Å². The molecule has 1 unspecified atom stereocenters. The average molecular weight is 791 g/mol. The fraction of sp³-hybridized carbons (Fsp3) is 0.341. The first-order valence-electron chi connectivity index (χ1n) is 18.7. The van der Waals surface area contributed by atoms with Gasteiger partial charge in [0.2, 0.25) is 17.7 Å². The summed E-state index contributed by atoms with van der Waals surface area (Å²) in [6, 6.07) is 15.1. The molecule has 0 saturated carbocycles. The van der Waals surface area contributed by atoms with Crippen molar-refractivity contribution in [1.82, 2.24) is 30.0 Å². The molecule has 1 saturated heterocycles. The van der Waals surface area contributed by atoms with E-state index in [4.69, 9.17) is 13.9 Å². The minimum Gasteiger partial charge on any atom is -0.486 e. The van der Waals surface area contributed by atoms with Crippen LogP contribution in [0.25, 0.3) is 22.7 Å². The highest BCUT2D eigenvalue weighted by molar-refractivity contribution is 6.25. The van der Waals surface area contributed by atoms with Crippen molar-refractivity contribution >= 4 is 52.0 Å². The molecule has 0 bridgehead atoms. The Hall–Kier alpha value is -6.75. The van der Waals surface area contributed by atoms with E-state index in [2.05, 4.69) is 31.0 Å². The van der Waals surface area contributed by atoms with Gasteiger partial charge in [0.1, 0.15) is 34.3 Å². The Labute approximate surface area is 332 Å². The first-order chi connectivity index (χ1) is 27.6. The molecule has 1 fully saturated rings. The van der Waals surface area contributed by atoms with Gasteiger partial charge < -0.3 is 24.5 Å². The predicted molar refractivity (Wildman–Crippen MR) is 210 cm³/mol. The van der Waals surface area contributed by atoms with Gasteiger partial charge in [-0.15, -0.1) is 0 Å². The molecule has 17 nitrogen and oxygen atoms in total. The number of imide groups is 2. The van der Waals surface area contributed by atoms with Crippen LogP contribution in [0.1, 0.15) is 84.6 Å². The average Bonchev–Trinajstić information content (AvgIpc) is 3.70. The molecule has 17 heteroatoms. The fourth-order valence-corrected chi connectivity index (χ4v) is 6.68. The summed E-state index contributed by atoms with van der Waals surface area (Å²) in [5.74, 6) is -1.92. The van der Waals surface area contributed by atoms with E-state index in [-0.39, 0.29) is 41.1 Å². The Kier molecular flexibility index (Phi) is 10.7. The third-order valence-corrected chi connectivity index (χ3v) is 9.90. The molecular weight excluding hydrogens is 748 g/mol. The number of nitrogens with zero attached hydrogens (tertiary/aromatic N) is 5. The standard InChI is InChI=1S/C41H42N8O9/c1-40(2,17-19-42-26-8-6-7-25-34(26)39(55)49(38(25)54)30-13-15-32(50)46-36(30)53)56-20-18-41(3,4)58-24-10-11-27(43-22-24)35(52)44-23-9-14-31-29(21-23)45-37(57-31)28-12-16-33(51)48(5)47-28/h6-12,14,16,21-22,30,42H,13,15,17-20H2,1-5H3,(H,44,52)(H,46,50,53). The van der Waals surface area contributed by atoms with Crippen LogP contribution in [0.2, 0.25) is 0 Å². The number of hydrogen-bond acceptors (Lipinski definition) is 13. The zero-order valence-corrected chi connectivity index (χ0v) is 32.6. The molecule has 5 heterocycles. The number of oxazole rings is 1. The lowest BCUT2D eigenvalue weighted by Crippen LogP contribution is -2.54. The summed E-state index contributed by atoms with van der Waals surface area (Å²) in [6.45, 7) is 8.58. The maximum atomic E-state index is 13.4. The van der Waals surface area contributed by atoms with Crippen molar-refractivity contribution in [3.8, 4) is 17.3 Å². The van der Waals surface area contributed by atoms with E-state index in [1.807, 2.05) is 27.7 Å². The van der Waals surface area contributed by atoms with Crippen LogP contribution in [0.15, 0.2) is 76.1 Å². The highest BCUT2D eigenvalue weighted by Gasteiger charge is 2.45.